The maximum absolute atomic E-state index is 13.3. The smallest absolute Gasteiger partial charge is 0.310 e. The molecule has 5 N–H and O–H groups in total. The zero-order chi connectivity index (χ0) is 41.9. The van der Waals surface area contributed by atoms with Crippen molar-refractivity contribution in [2.75, 3.05) is 7.11 Å². The van der Waals surface area contributed by atoms with Crippen LogP contribution in [0.1, 0.15) is 127 Å². The Morgan fingerprint density at radius 1 is 0.745 bits per heavy atom. The third-order valence-corrected chi connectivity index (χ3v) is 12.3. The number of hydrogen-bond acceptors (Lipinski definition) is 12. The van der Waals surface area contributed by atoms with Crippen LogP contribution in [0.3, 0.4) is 0 Å². The summed E-state index contributed by atoms with van der Waals surface area (Å²) >= 11 is 0. The molecule has 2 heterocycles. The van der Waals surface area contributed by atoms with E-state index in [9.17, 15) is 49.5 Å². The second-order valence-corrected chi connectivity index (χ2v) is 17.1. The van der Waals surface area contributed by atoms with Gasteiger partial charge in [0.25, 0.3) is 0 Å². The van der Waals surface area contributed by atoms with Gasteiger partial charge in [0.15, 0.2) is 5.79 Å². The molecule has 2 fully saturated rings. The summed E-state index contributed by atoms with van der Waals surface area (Å²) < 4.78 is 24.5. The number of aliphatic carboxylic acids is 2. The van der Waals surface area contributed by atoms with Gasteiger partial charge in [-0.05, 0) is 69.1 Å². The molecule has 55 heavy (non-hydrogen) atoms. The lowest BCUT2D eigenvalue weighted by atomic mass is 9.79. The van der Waals surface area contributed by atoms with Gasteiger partial charge in [0, 0.05) is 38.2 Å². The lowest BCUT2D eigenvalue weighted by Gasteiger charge is -2.51. The van der Waals surface area contributed by atoms with Crippen LogP contribution in [0.15, 0.2) is 0 Å². The second kappa shape index (κ2) is 21.9. The number of ether oxygens (including phenoxy) is 4. The topological polar surface area (TPSA) is 223 Å². The molecule has 2 unspecified atom stereocenters. The molecule has 0 aliphatic carbocycles. The van der Waals surface area contributed by atoms with E-state index in [4.69, 9.17) is 18.9 Å². The van der Waals surface area contributed by atoms with Gasteiger partial charge in [-0.1, -0.05) is 55.4 Å². The van der Waals surface area contributed by atoms with E-state index >= 15 is 0 Å². The third-order valence-electron chi connectivity index (χ3n) is 12.3. The molecule has 2 aliphatic rings. The average Bonchev–Trinajstić information content (AvgIpc) is 3.10. The van der Waals surface area contributed by atoms with Gasteiger partial charge in [-0.2, -0.15) is 0 Å². The lowest BCUT2D eigenvalue weighted by molar-refractivity contribution is -0.338. The molecule has 0 bridgehead atoms. The number of methoxy groups -OCH3 is 1. The molecule has 0 saturated carbocycles. The number of aliphatic hydroxyl groups is 3. The largest absolute Gasteiger partial charge is 0.481 e. The highest BCUT2D eigenvalue weighted by Gasteiger charge is 2.48. The summed E-state index contributed by atoms with van der Waals surface area (Å²) in [4.78, 5) is 61.0. The molecular formula is C41H70O14. The highest BCUT2D eigenvalue weighted by atomic mass is 16.7. The Hall–Kier alpha value is -2.49. The van der Waals surface area contributed by atoms with Crippen LogP contribution in [-0.2, 0) is 42.9 Å². The van der Waals surface area contributed by atoms with Crippen molar-refractivity contribution >= 4 is 29.5 Å². The van der Waals surface area contributed by atoms with Crippen LogP contribution in [0.5, 0.6) is 0 Å². The van der Waals surface area contributed by atoms with Crippen molar-refractivity contribution in [3.63, 3.8) is 0 Å². The highest BCUT2D eigenvalue weighted by molar-refractivity contribution is 5.82. The van der Waals surface area contributed by atoms with Crippen LogP contribution < -0.4 is 0 Å². The molecular weight excluding hydrogens is 716 g/mol. The standard InChI is InChI=1S/C41H70O14/c1-21(2)36(53-34(47)20-31(45)35(40(50)51)27(8)39(48)49)38(52-10)32(46)19-30(44)26(7)29(43)13-11-24(5)37-25(6)16-18-41(55-37)17-15-23(4)33(54-41)14-12-22(3)28(9)42/h21-27,29,31-33,35-38,43,45-46H,11-20H2,1-10H3,(H,48,49)(H,50,51)/t22-,23+,24+,25-,26-,27?,29-,31+,32+,33-,35?,36+,37-,38-,41+/m0/s1. The number of aliphatic hydroxyl groups excluding tert-OH is 3. The van der Waals surface area contributed by atoms with Gasteiger partial charge in [0.2, 0.25) is 0 Å². The molecule has 2 aliphatic heterocycles. The van der Waals surface area contributed by atoms with E-state index in [-0.39, 0.29) is 35.7 Å². The number of carbonyl (C=O) groups excluding carboxylic acids is 3. The summed E-state index contributed by atoms with van der Waals surface area (Å²) in [5.41, 5.74) is 0. The van der Waals surface area contributed by atoms with Crippen LogP contribution in [0.2, 0.25) is 0 Å². The first-order valence-corrected chi connectivity index (χ1v) is 20.2. The number of carbonyl (C=O) groups is 5. The normalized spacial score (nSPS) is 28.5. The Morgan fingerprint density at radius 3 is 1.87 bits per heavy atom. The van der Waals surface area contributed by atoms with Crippen LogP contribution in [0, 0.1) is 47.3 Å². The summed E-state index contributed by atoms with van der Waals surface area (Å²) in [5, 5.41) is 51.4. The van der Waals surface area contributed by atoms with Gasteiger partial charge in [0.1, 0.15) is 23.8 Å². The SMILES string of the molecule is CO[C@@H]([C@H](O)CC(=O)[C@@H](C)[C@@H](O)CC[C@@H](C)[C@@H]1O[C@]2(CC[C@@H](C)[C@H](CC[C@H](C)C(C)=O)O2)CC[C@@H]1C)[C@H](OC(=O)C[C@@H](O)C(C(=O)O)C(C)C(=O)O)C(C)C. The lowest BCUT2D eigenvalue weighted by Crippen LogP contribution is -2.53. The molecule has 0 amide bonds. The molecule has 14 heteroatoms. The van der Waals surface area contributed by atoms with Crippen molar-refractivity contribution in [1.82, 2.24) is 0 Å². The third kappa shape index (κ3) is 13.8. The maximum Gasteiger partial charge on any atom is 0.310 e. The van der Waals surface area contributed by atoms with E-state index in [1.807, 2.05) is 6.92 Å². The molecule has 0 radical (unpaired) electrons. The van der Waals surface area contributed by atoms with Gasteiger partial charge in [-0.15, -0.1) is 0 Å². The predicted molar refractivity (Wildman–Crippen MR) is 202 cm³/mol. The summed E-state index contributed by atoms with van der Waals surface area (Å²) in [5.74, 6) is -8.78. The van der Waals surface area contributed by atoms with E-state index in [0.29, 0.717) is 18.8 Å². The first-order valence-electron chi connectivity index (χ1n) is 20.2. The van der Waals surface area contributed by atoms with E-state index in [1.165, 1.54) is 7.11 Å². The first kappa shape index (κ1) is 48.7. The minimum atomic E-state index is -1.86. The van der Waals surface area contributed by atoms with Crippen LogP contribution in [0.4, 0.5) is 0 Å². The minimum Gasteiger partial charge on any atom is -0.481 e. The quantitative estimate of drug-likeness (QED) is 0.0878. The second-order valence-electron chi connectivity index (χ2n) is 17.1. The number of carboxylic acid groups (broad SMARTS) is 2. The summed E-state index contributed by atoms with van der Waals surface area (Å²) in [6, 6.07) is 0. The number of hydrogen-bond donors (Lipinski definition) is 5. The van der Waals surface area contributed by atoms with E-state index in [0.717, 1.165) is 45.4 Å². The van der Waals surface area contributed by atoms with Crippen LogP contribution in [0.25, 0.3) is 0 Å². The van der Waals surface area contributed by atoms with Gasteiger partial charge >= 0.3 is 17.9 Å². The summed E-state index contributed by atoms with van der Waals surface area (Å²) in [6.45, 7) is 16.1. The molecule has 0 aromatic heterocycles. The van der Waals surface area contributed by atoms with Crippen molar-refractivity contribution in [2.45, 2.75) is 175 Å². The maximum atomic E-state index is 13.3. The minimum absolute atomic E-state index is 0.00760. The summed E-state index contributed by atoms with van der Waals surface area (Å²) in [6.07, 6.45) is -1.85. The summed E-state index contributed by atoms with van der Waals surface area (Å²) in [7, 11) is 1.28. The number of ketones is 2. The zero-order valence-electron chi connectivity index (χ0n) is 34.6. The molecule has 2 saturated heterocycles. The van der Waals surface area contributed by atoms with Crippen molar-refractivity contribution in [1.29, 1.82) is 0 Å². The Kier molecular flexibility index (Phi) is 19.4. The van der Waals surface area contributed by atoms with E-state index < -0.39 is 96.5 Å². The number of esters is 1. The molecule has 0 aromatic carbocycles. The number of Topliss-reactive ketones (excluding diaryl/α,β-unsaturated/α-hetero) is 2. The fourth-order valence-corrected chi connectivity index (χ4v) is 8.05. The number of rotatable bonds is 23. The Morgan fingerprint density at radius 2 is 1.35 bits per heavy atom. The molecule has 14 nitrogen and oxygen atoms in total. The highest BCUT2D eigenvalue weighted by Crippen LogP contribution is 2.45. The monoisotopic (exact) mass is 786 g/mol. The van der Waals surface area contributed by atoms with Crippen molar-refractivity contribution in [3.05, 3.63) is 0 Å². The number of carboxylic acids is 2. The van der Waals surface area contributed by atoms with E-state index in [1.54, 1.807) is 27.7 Å². The molecule has 15 atom stereocenters. The Bertz CT molecular complexity index is 1270. The van der Waals surface area contributed by atoms with Crippen LogP contribution >= 0.6 is 0 Å². The zero-order valence-corrected chi connectivity index (χ0v) is 34.6. The van der Waals surface area contributed by atoms with E-state index in [2.05, 4.69) is 20.8 Å². The van der Waals surface area contributed by atoms with Gasteiger partial charge in [0.05, 0.1) is 48.8 Å². The molecule has 1 spiro atoms. The van der Waals surface area contributed by atoms with Gasteiger partial charge < -0.3 is 44.5 Å². The predicted octanol–water partition coefficient (Wildman–Crippen LogP) is 4.81. The van der Waals surface area contributed by atoms with Gasteiger partial charge in [-0.25, -0.2) is 0 Å². The van der Waals surface area contributed by atoms with Crippen molar-refractivity contribution in [2.24, 2.45) is 47.3 Å². The first-order chi connectivity index (χ1) is 25.5. The average molecular weight is 787 g/mol. The molecule has 0 aromatic rings. The Balaban J connectivity index is 1.99. The fraction of sp³-hybridized carbons (Fsp3) is 0.878. The van der Waals surface area contributed by atoms with Gasteiger partial charge in [-0.3, -0.25) is 24.0 Å². The Labute approximate surface area is 327 Å². The fourth-order valence-electron chi connectivity index (χ4n) is 8.05. The van der Waals surface area contributed by atoms with Crippen LogP contribution in [-0.4, -0.2) is 111 Å². The van der Waals surface area contributed by atoms with Crippen molar-refractivity contribution < 1.29 is 68.5 Å². The van der Waals surface area contributed by atoms with Crippen molar-refractivity contribution in [3.8, 4) is 0 Å². The molecule has 318 valence electrons. The molecule has 2 rings (SSSR count).